The van der Waals surface area contributed by atoms with Gasteiger partial charge in [-0.2, -0.15) is 0 Å². The van der Waals surface area contributed by atoms with Crippen molar-refractivity contribution in [3.8, 4) is 0 Å². The van der Waals surface area contributed by atoms with E-state index in [4.69, 9.17) is 0 Å². The molecular weight excluding hydrogens is 176 g/mol. The lowest BCUT2D eigenvalue weighted by atomic mass is 10.2. The van der Waals surface area contributed by atoms with Crippen LogP contribution in [0.15, 0.2) is 36.0 Å². The van der Waals surface area contributed by atoms with Gasteiger partial charge in [-0.1, -0.05) is 38.2 Å². The Morgan fingerprint density at radius 2 is 1.79 bits per heavy atom. The summed E-state index contributed by atoms with van der Waals surface area (Å²) in [5, 5.41) is 0. The number of ether oxygens (including phenoxy) is 1. The Morgan fingerprint density at radius 1 is 1.29 bits per heavy atom. The number of carbonyl (C=O) groups is 1. The van der Waals surface area contributed by atoms with E-state index < -0.39 is 0 Å². The van der Waals surface area contributed by atoms with Gasteiger partial charge in [0.1, 0.15) is 0 Å². The molecule has 0 aliphatic carbocycles. The molecule has 0 amide bonds. The Balaban J connectivity index is 0. The lowest BCUT2D eigenvalue weighted by Crippen LogP contribution is -2.01. The Hall–Kier alpha value is -1.31. The third-order valence-corrected chi connectivity index (χ3v) is 1.28. The first-order chi connectivity index (χ1) is 6.61. The van der Waals surface area contributed by atoms with Crippen LogP contribution < -0.4 is 0 Å². The zero-order valence-electron chi connectivity index (χ0n) is 9.76. The highest BCUT2D eigenvalue weighted by atomic mass is 16.5. The summed E-state index contributed by atoms with van der Waals surface area (Å²) in [4.78, 5) is 11.0. The topological polar surface area (TPSA) is 26.3 Å². The molecule has 0 atom stereocenters. The van der Waals surface area contributed by atoms with Gasteiger partial charge in [0.15, 0.2) is 0 Å². The third kappa shape index (κ3) is 7.35. The van der Waals surface area contributed by atoms with E-state index in [0.29, 0.717) is 5.57 Å². The van der Waals surface area contributed by atoms with Gasteiger partial charge < -0.3 is 4.74 Å². The second-order valence-corrected chi connectivity index (χ2v) is 2.42. The molecule has 0 aromatic heterocycles. The largest absolute Gasteiger partial charge is 0.465 e. The number of hydrogen-bond acceptors (Lipinski definition) is 2. The predicted octanol–water partition coefficient (Wildman–Crippen LogP) is 3.26. The summed E-state index contributed by atoms with van der Waals surface area (Å²) < 4.78 is 4.55. The minimum atomic E-state index is -0.324. The van der Waals surface area contributed by atoms with Crippen molar-refractivity contribution in [3.63, 3.8) is 0 Å². The van der Waals surface area contributed by atoms with Crippen molar-refractivity contribution in [2.75, 3.05) is 7.11 Å². The molecule has 0 saturated carbocycles. The van der Waals surface area contributed by atoms with Crippen LogP contribution in [0.4, 0.5) is 0 Å². The van der Waals surface area contributed by atoms with Crippen LogP contribution in [-0.2, 0) is 9.53 Å². The molecule has 0 radical (unpaired) electrons. The smallest absolute Gasteiger partial charge is 0.337 e. The Bertz CT molecular complexity index is 235. The average Bonchev–Trinajstić information content (AvgIpc) is 2.21. The van der Waals surface area contributed by atoms with Crippen molar-refractivity contribution in [2.24, 2.45) is 0 Å². The number of allylic oxidation sites excluding steroid dienone is 3. The highest BCUT2D eigenvalue weighted by Crippen LogP contribution is 2.01. The number of rotatable bonds is 3. The van der Waals surface area contributed by atoms with Crippen molar-refractivity contribution >= 4 is 5.97 Å². The molecule has 0 rings (SSSR count). The van der Waals surface area contributed by atoms with Gasteiger partial charge in [-0.3, -0.25) is 0 Å². The summed E-state index contributed by atoms with van der Waals surface area (Å²) in [7, 11) is 1.36. The Morgan fingerprint density at radius 3 is 2.07 bits per heavy atom. The van der Waals surface area contributed by atoms with Crippen LogP contribution in [0.2, 0.25) is 0 Å². The molecule has 0 heterocycles. The SMILES string of the molecule is C=C(C)/C=C\C(=C/C)C(=O)OC.CC. The molecule has 14 heavy (non-hydrogen) atoms. The molecule has 0 unspecified atom stereocenters. The van der Waals surface area contributed by atoms with Gasteiger partial charge in [0.05, 0.1) is 12.7 Å². The number of esters is 1. The maximum absolute atomic E-state index is 11.0. The fourth-order valence-corrected chi connectivity index (χ4v) is 0.632. The molecular formula is C12H20O2. The first kappa shape index (κ1) is 15.2. The normalized spacial score (nSPS) is 10.5. The van der Waals surface area contributed by atoms with E-state index in [-0.39, 0.29) is 5.97 Å². The fraction of sp³-hybridized carbons (Fsp3) is 0.417. The minimum Gasteiger partial charge on any atom is -0.465 e. The zero-order valence-corrected chi connectivity index (χ0v) is 9.76. The van der Waals surface area contributed by atoms with Crippen LogP contribution in [0.3, 0.4) is 0 Å². The summed E-state index contributed by atoms with van der Waals surface area (Å²) in [6.07, 6.45) is 5.16. The maximum Gasteiger partial charge on any atom is 0.337 e. The number of hydrogen-bond donors (Lipinski definition) is 0. The molecule has 0 saturated heterocycles. The van der Waals surface area contributed by atoms with E-state index in [2.05, 4.69) is 11.3 Å². The van der Waals surface area contributed by atoms with Crippen molar-refractivity contribution in [1.29, 1.82) is 0 Å². The minimum absolute atomic E-state index is 0.324. The van der Waals surface area contributed by atoms with Crippen molar-refractivity contribution < 1.29 is 9.53 Å². The third-order valence-electron chi connectivity index (χ3n) is 1.28. The molecule has 0 aromatic carbocycles. The fourth-order valence-electron chi connectivity index (χ4n) is 0.632. The van der Waals surface area contributed by atoms with E-state index in [1.54, 1.807) is 25.2 Å². The summed E-state index contributed by atoms with van der Waals surface area (Å²) >= 11 is 0. The molecule has 2 heteroatoms. The van der Waals surface area contributed by atoms with Crippen LogP contribution in [0, 0.1) is 0 Å². The Labute approximate surface area is 87.0 Å². The Kier molecular flexibility index (Phi) is 10.6. The molecule has 0 fully saturated rings. The van der Waals surface area contributed by atoms with Gasteiger partial charge in [-0.15, -0.1) is 0 Å². The van der Waals surface area contributed by atoms with E-state index >= 15 is 0 Å². The summed E-state index contributed by atoms with van der Waals surface area (Å²) in [5.41, 5.74) is 1.44. The molecule has 0 aliphatic heterocycles. The number of methoxy groups -OCH3 is 1. The van der Waals surface area contributed by atoms with Gasteiger partial charge in [0.2, 0.25) is 0 Å². The number of carbonyl (C=O) groups excluding carboxylic acids is 1. The van der Waals surface area contributed by atoms with Crippen molar-refractivity contribution in [3.05, 3.63) is 36.0 Å². The van der Waals surface area contributed by atoms with Crippen LogP contribution in [0.5, 0.6) is 0 Å². The van der Waals surface area contributed by atoms with E-state index in [1.165, 1.54) is 7.11 Å². The van der Waals surface area contributed by atoms with E-state index in [0.717, 1.165) is 5.57 Å². The second kappa shape index (κ2) is 9.78. The highest BCUT2D eigenvalue weighted by molar-refractivity contribution is 5.91. The lowest BCUT2D eigenvalue weighted by Gasteiger charge is -1.97. The predicted molar refractivity (Wildman–Crippen MR) is 61.1 cm³/mol. The van der Waals surface area contributed by atoms with Crippen LogP contribution in [0.25, 0.3) is 0 Å². The van der Waals surface area contributed by atoms with E-state index in [1.807, 2.05) is 20.8 Å². The summed E-state index contributed by atoms with van der Waals surface area (Å²) in [6, 6.07) is 0. The molecule has 0 bridgehead atoms. The van der Waals surface area contributed by atoms with Gasteiger partial charge in [-0.25, -0.2) is 4.79 Å². The van der Waals surface area contributed by atoms with Crippen molar-refractivity contribution in [2.45, 2.75) is 27.7 Å². The van der Waals surface area contributed by atoms with Gasteiger partial charge >= 0.3 is 5.97 Å². The van der Waals surface area contributed by atoms with Gasteiger partial charge in [0.25, 0.3) is 0 Å². The van der Waals surface area contributed by atoms with Crippen LogP contribution in [-0.4, -0.2) is 13.1 Å². The zero-order chi connectivity index (χ0) is 11.6. The van der Waals surface area contributed by atoms with Crippen LogP contribution >= 0.6 is 0 Å². The molecule has 2 nitrogen and oxygen atoms in total. The summed E-state index contributed by atoms with van der Waals surface area (Å²) in [5.74, 6) is -0.324. The average molecular weight is 196 g/mol. The quantitative estimate of drug-likeness (QED) is 0.393. The first-order valence-electron chi connectivity index (χ1n) is 4.70. The first-order valence-corrected chi connectivity index (χ1v) is 4.70. The molecule has 0 N–H and O–H groups in total. The maximum atomic E-state index is 11.0. The van der Waals surface area contributed by atoms with Crippen molar-refractivity contribution in [1.82, 2.24) is 0 Å². The monoisotopic (exact) mass is 196 g/mol. The van der Waals surface area contributed by atoms with Gasteiger partial charge in [0, 0.05) is 0 Å². The summed E-state index contributed by atoms with van der Waals surface area (Å²) in [6.45, 7) is 11.3. The molecule has 0 spiro atoms. The molecule has 80 valence electrons. The lowest BCUT2D eigenvalue weighted by molar-refractivity contribution is -0.135. The highest BCUT2D eigenvalue weighted by Gasteiger charge is 2.02. The van der Waals surface area contributed by atoms with Crippen LogP contribution in [0.1, 0.15) is 27.7 Å². The second-order valence-electron chi connectivity index (χ2n) is 2.42. The standard InChI is InChI=1S/C10H14O2.C2H6/c1-5-9(10(11)12-4)7-6-8(2)3;1-2/h5-7H,2H2,1,3-4H3;1-2H3/b7-6-,9-5+;. The molecule has 0 aromatic rings. The van der Waals surface area contributed by atoms with E-state index in [9.17, 15) is 4.79 Å². The molecule has 0 aliphatic rings. The van der Waals surface area contributed by atoms with Gasteiger partial charge in [-0.05, 0) is 19.9 Å².